The lowest BCUT2D eigenvalue weighted by atomic mass is 9.95. The van der Waals surface area contributed by atoms with Crippen LogP contribution < -0.4 is 4.74 Å². The van der Waals surface area contributed by atoms with Crippen molar-refractivity contribution < 1.29 is 14.1 Å². The van der Waals surface area contributed by atoms with Crippen molar-refractivity contribution in [3.05, 3.63) is 47.3 Å². The van der Waals surface area contributed by atoms with Gasteiger partial charge in [0.15, 0.2) is 0 Å². The maximum absolute atomic E-state index is 13.2. The highest BCUT2D eigenvalue weighted by molar-refractivity contribution is 5.91. The zero-order valence-corrected chi connectivity index (χ0v) is 18.9. The minimum atomic E-state index is -0.0675. The van der Waals surface area contributed by atoms with Crippen molar-refractivity contribution >= 4 is 5.91 Å². The Kier molecular flexibility index (Phi) is 7.28. The molecule has 4 rings (SSSR count). The molecule has 1 atom stereocenters. The number of carbonyl (C=O) groups excluding carboxylic acids is 1. The van der Waals surface area contributed by atoms with E-state index in [-0.39, 0.29) is 11.8 Å². The molecule has 6 heteroatoms. The number of amides is 1. The van der Waals surface area contributed by atoms with Gasteiger partial charge in [-0.25, -0.2) is 0 Å². The van der Waals surface area contributed by atoms with E-state index in [4.69, 9.17) is 9.26 Å². The average molecular weight is 426 g/mol. The van der Waals surface area contributed by atoms with Gasteiger partial charge in [0, 0.05) is 31.7 Å². The molecule has 2 bridgehead atoms. The molecule has 1 saturated heterocycles. The van der Waals surface area contributed by atoms with E-state index >= 15 is 0 Å². The number of nitrogens with zero attached hydrogens (tertiary/aromatic N) is 3. The van der Waals surface area contributed by atoms with Crippen LogP contribution in [0.15, 0.2) is 34.9 Å². The van der Waals surface area contributed by atoms with E-state index in [1.165, 1.54) is 24.8 Å². The third kappa shape index (κ3) is 5.67. The first-order valence-corrected chi connectivity index (χ1v) is 11.8. The van der Waals surface area contributed by atoms with Crippen molar-refractivity contribution in [1.29, 1.82) is 0 Å². The van der Waals surface area contributed by atoms with E-state index in [1.807, 2.05) is 11.0 Å². The molecule has 3 heterocycles. The normalized spacial score (nSPS) is 21.3. The number of ether oxygens (including phenoxy) is 1. The predicted octanol–water partition coefficient (Wildman–Crippen LogP) is 4.51. The molecule has 1 fully saturated rings. The van der Waals surface area contributed by atoms with Gasteiger partial charge in [-0.1, -0.05) is 37.6 Å². The van der Waals surface area contributed by atoms with Crippen LogP contribution in [-0.2, 0) is 6.42 Å². The van der Waals surface area contributed by atoms with E-state index in [2.05, 4.69) is 42.1 Å². The lowest BCUT2D eigenvalue weighted by molar-refractivity contribution is 0.0644. The molecular formula is C25H35N3O3. The minimum absolute atomic E-state index is 0.0675. The summed E-state index contributed by atoms with van der Waals surface area (Å²) in [5, 5.41) is 4.08. The lowest BCUT2D eigenvalue weighted by Gasteiger charge is -2.37. The molecule has 1 aromatic carbocycles. The van der Waals surface area contributed by atoms with Crippen molar-refractivity contribution in [3.63, 3.8) is 0 Å². The highest BCUT2D eigenvalue weighted by Gasteiger charge is 2.26. The Bertz CT molecular complexity index is 863. The van der Waals surface area contributed by atoms with E-state index in [0.29, 0.717) is 31.5 Å². The number of piperidine rings is 1. The molecule has 1 unspecified atom stereocenters. The fourth-order valence-electron chi connectivity index (χ4n) is 4.63. The van der Waals surface area contributed by atoms with Crippen LogP contribution >= 0.6 is 0 Å². The number of aryl methyl sites for hydroxylation is 1. The van der Waals surface area contributed by atoms with Gasteiger partial charge in [-0.3, -0.25) is 9.69 Å². The van der Waals surface area contributed by atoms with Crippen LogP contribution in [0.2, 0.25) is 0 Å². The standard InChI is InChI=1S/C25H35N3O3/c1-19(2)23-18-24(31-26-23)25(29)28-13-6-16-30-22-9-5-7-20(17-22)10-11-21-8-3-4-12-27(21)14-15-28/h5,7,9,17-19,21H,3-4,6,8,10-16H2,1-2H3. The van der Waals surface area contributed by atoms with Crippen LogP contribution in [0.1, 0.15) is 73.7 Å². The molecule has 0 N–H and O–H groups in total. The number of fused-ring (bicyclic) bond motifs is 3. The van der Waals surface area contributed by atoms with E-state index in [1.54, 1.807) is 6.07 Å². The Morgan fingerprint density at radius 3 is 2.81 bits per heavy atom. The second-order valence-electron chi connectivity index (χ2n) is 9.14. The van der Waals surface area contributed by atoms with Crippen molar-refractivity contribution in [2.45, 2.75) is 64.3 Å². The van der Waals surface area contributed by atoms with Crippen molar-refractivity contribution in [2.24, 2.45) is 0 Å². The third-order valence-corrected chi connectivity index (χ3v) is 6.53. The van der Waals surface area contributed by atoms with E-state index < -0.39 is 0 Å². The summed E-state index contributed by atoms with van der Waals surface area (Å²) >= 11 is 0. The van der Waals surface area contributed by atoms with Crippen LogP contribution in [0, 0.1) is 0 Å². The molecule has 31 heavy (non-hydrogen) atoms. The highest BCUT2D eigenvalue weighted by Crippen LogP contribution is 2.23. The Labute approximate surface area is 185 Å². The van der Waals surface area contributed by atoms with Gasteiger partial charge in [-0.15, -0.1) is 0 Å². The van der Waals surface area contributed by atoms with Gasteiger partial charge in [0.1, 0.15) is 5.75 Å². The molecule has 1 amide bonds. The first-order chi connectivity index (χ1) is 15.1. The maximum atomic E-state index is 13.2. The van der Waals surface area contributed by atoms with Crippen LogP contribution in [0.4, 0.5) is 0 Å². The molecule has 2 aliphatic rings. The SMILES string of the molecule is CC(C)c1cc(C(=O)N2CCCOc3cccc(c3)CCC3CCCCN3CC2)on1. The number of benzene rings is 1. The molecule has 0 aliphatic carbocycles. The second-order valence-corrected chi connectivity index (χ2v) is 9.14. The van der Waals surface area contributed by atoms with Gasteiger partial charge in [0.25, 0.3) is 5.91 Å². The summed E-state index contributed by atoms with van der Waals surface area (Å²) in [6.45, 7) is 8.08. The smallest absolute Gasteiger partial charge is 0.292 e. The van der Waals surface area contributed by atoms with Crippen LogP contribution in [0.5, 0.6) is 5.75 Å². The molecule has 0 spiro atoms. The molecule has 6 nitrogen and oxygen atoms in total. The number of hydrogen-bond acceptors (Lipinski definition) is 5. The average Bonchev–Trinajstić information content (AvgIpc) is 3.28. The summed E-state index contributed by atoms with van der Waals surface area (Å²) in [6, 6.07) is 10.9. The highest BCUT2D eigenvalue weighted by atomic mass is 16.5. The topological polar surface area (TPSA) is 58.8 Å². The van der Waals surface area contributed by atoms with Crippen LogP contribution in [0.25, 0.3) is 0 Å². The van der Waals surface area contributed by atoms with E-state index in [9.17, 15) is 4.79 Å². The van der Waals surface area contributed by atoms with Crippen molar-refractivity contribution in [3.8, 4) is 5.75 Å². The first-order valence-electron chi connectivity index (χ1n) is 11.8. The molecule has 0 radical (unpaired) electrons. The number of hydrogen-bond donors (Lipinski definition) is 0. The molecule has 0 saturated carbocycles. The van der Waals surface area contributed by atoms with Gasteiger partial charge < -0.3 is 14.2 Å². The quantitative estimate of drug-likeness (QED) is 0.709. The molecule has 2 aromatic rings. The van der Waals surface area contributed by atoms with E-state index in [0.717, 1.165) is 43.8 Å². The third-order valence-electron chi connectivity index (χ3n) is 6.53. The number of aromatic nitrogens is 1. The Hall–Kier alpha value is -2.34. The zero-order chi connectivity index (χ0) is 21.6. The summed E-state index contributed by atoms with van der Waals surface area (Å²) in [4.78, 5) is 17.7. The maximum Gasteiger partial charge on any atom is 0.292 e. The zero-order valence-electron chi connectivity index (χ0n) is 18.9. The second kappa shape index (κ2) is 10.3. The monoisotopic (exact) mass is 425 g/mol. The number of carbonyl (C=O) groups is 1. The van der Waals surface area contributed by atoms with Gasteiger partial charge in [0.2, 0.25) is 5.76 Å². The van der Waals surface area contributed by atoms with Crippen molar-refractivity contribution in [2.75, 3.05) is 32.8 Å². The summed E-state index contributed by atoms with van der Waals surface area (Å²) in [5.74, 6) is 1.43. The lowest BCUT2D eigenvalue weighted by Crippen LogP contribution is -2.45. The van der Waals surface area contributed by atoms with Crippen LogP contribution in [0.3, 0.4) is 0 Å². The Morgan fingerprint density at radius 2 is 1.97 bits per heavy atom. The molecule has 2 aliphatic heterocycles. The van der Waals surface area contributed by atoms with Gasteiger partial charge in [-0.2, -0.15) is 0 Å². The first kappa shape index (κ1) is 21.9. The van der Waals surface area contributed by atoms with Gasteiger partial charge in [-0.05, 0) is 62.3 Å². The Morgan fingerprint density at radius 1 is 1.06 bits per heavy atom. The minimum Gasteiger partial charge on any atom is -0.494 e. The van der Waals surface area contributed by atoms with Crippen molar-refractivity contribution in [1.82, 2.24) is 15.0 Å². The van der Waals surface area contributed by atoms with Crippen LogP contribution in [-0.4, -0.2) is 59.7 Å². The Balaban J connectivity index is 1.50. The summed E-state index contributed by atoms with van der Waals surface area (Å²) in [6.07, 6.45) is 6.78. The molecule has 1 aromatic heterocycles. The summed E-state index contributed by atoms with van der Waals surface area (Å²) in [5.41, 5.74) is 2.17. The summed E-state index contributed by atoms with van der Waals surface area (Å²) < 4.78 is 11.4. The largest absolute Gasteiger partial charge is 0.494 e. The summed E-state index contributed by atoms with van der Waals surface area (Å²) in [7, 11) is 0. The van der Waals surface area contributed by atoms with Gasteiger partial charge >= 0.3 is 0 Å². The fourth-order valence-corrected chi connectivity index (χ4v) is 4.63. The molecular weight excluding hydrogens is 390 g/mol. The number of rotatable bonds is 2. The van der Waals surface area contributed by atoms with Gasteiger partial charge in [0.05, 0.1) is 12.3 Å². The molecule has 168 valence electrons. The predicted molar refractivity (Wildman–Crippen MR) is 121 cm³/mol. The fraction of sp³-hybridized carbons (Fsp3) is 0.600.